The highest BCUT2D eigenvalue weighted by atomic mass is 28.4. The van der Waals surface area contributed by atoms with Gasteiger partial charge in [-0.05, 0) is 43.7 Å². The zero-order chi connectivity index (χ0) is 35.9. The third-order valence-corrected chi connectivity index (χ3v) is 20.2. The van der Waals surface area contributed by atoms with Crippen molar-refractivity contribution in [2.24, 2.45) is 0 Å². The van der Waals surface area contributed by atoms with Crippen LogP contribution >= 0.6 is 0 Å². The molecule has 264 valence electrons. The number of benzene rings is 4. The molecule has 0 amide bonds. The van der Waals surface area contributed by atoms with Crippen molar-refractivity contribution in [3.8, 4) is 0 Å². The third-order valence-electron chi connectivity index (χ3n) is 10.2. The Balaban J connectivity index is 1.62. The van der Waals surface area contributed by atoms with Crippen LogP contribution in [0.15, 0.2) is 133 Å². The molecule has 0 unspecified atom stereocenters. The number of esters is 1. The molecule has 0 atom stereocenters. The van der Waals surface area contributed by atoms with E-state index in [0.29, 0.717) is 6.42 Å². The number of unbranched alkanes of at least 4 members (excludes halogenated alkanes) is 3. The van der Waals surface area contributed by atoms with Crippen molar-refractivity contribution >= 4 is 43.4 Å². The predicted molar refractivity (Wildman–Crippen MR) is 213 cm³/mol. The molecule has 0 saturated carbocycles. The molecule has 0 bridgehead atoms. The first-order chi connectivity index (χ1) is 23.9. The van der Waals surface area contributed by atoms with Crippen molar-refractivity contribution in [3.05, 3.63) is 133 Å². The Bertz CT molecular complexity index is 1510. The van der Waals surface area contributed by atoms with Crippen molar-refractivity contribution in [2.45, 2.75) is 96.2 Å². The second kappa shape index (κ2) is 15.8. The number of hydrogen-bond donors (Lipinski definition) is 0. The van der Waals surface area contributed by atoms with Crippen molar-refractivity contribution in [1.29, 1.82) is 0 Å². The number of ether oxygens (including phenoxy) is 1. The van der Waals surface area contributed by atoms with Gasteiger partial charge in [0, 0.05) is 12.0 Å². The van der Waals surface area contributed by atoms with Crippen LogP contribution in [-0.4, -0.2) is 41.4 Å². The molecule has 0 radical (unpaired) electrons. The fourth-order valence-electron chi connectivity index (χ4n) is 7.75. The lowest BCUT2D eigenvalue weighted by atomic mass is 9.98. The smallest absolute Gasteiger partial charge is 0.334 e. The van der Waals surface area contributed by atoms with Crippen molar-refractivity contribution in [1.82, 2.24) is 0 Å². The van der Waals surface area contributed by atoms with Gasteiger partial charge in [0.15, 0.2) is 5.60 Å². The maximum absolute atomic E-state index is 13.8. The normalized spacial score (nSPS) is 16.1. The average molecular weight is 705 g/mol. The summed E-state index contributed by atoms with van der Waals surface area (Å²) in [5, 5.41) is 4.33. The van der Waals surface area contributed by atoms with Crippen LogP contribution < -0.4 is 20.7 Å². The molecule has 4 aromatic rings. The second-order valence-corrected chi connectivity index (χ2v) is 24.5. The van der Waals surface area contributed by atoms with Crippen LogP contribution in [-0.2, 0) is 18.4 Å². The summed E-state index contributed by atoms with van der Waals surface area (Å²) in [4.78, 5) is 13.8. The second-order valence-electron chi connectivity index (χ2n) is 15.9. The van der Waals surface area contributed by atoms with Gasteiger partial charge in [-0.3, -0.25) is 0 Å². The molecule has 0 aliphatic carbocycles. The molecule has 1 heterocycles. The Morgan fingerprint density at radius 2 is 0.980 bits per heavy atom. The van der Waals surface area contributed by atoms with Crippen LogP contribution in [0.3, 0.4) is 0 Å². The summed E-state index contributed by atoms with van der Waals surface area (Å²) < 4.78 is 21.6. The first-order valence-corrected chi connectivity index (χ1v) is 22.1. The Labute approximate surface area is 303 Å². The summed E-state index contributed by atoms with van der Waals surface area (Å²) in [6.45, 7) is 16.4. The van der Waals surface area contributed by atoms with Gasteiger partial charge in [-0.2, -0.15) is 0 Å². The quantitative estimate of drug-likeness (QED) is 0.0573. The van der Waals surface area contributed by atoms with E-state index in [1.54, 1.807) is 0 Å². The van der Waals surface area contributed by atoms with Crippen LogP contribution in [0.2, 0.25) is 10.1 Å². The molecule has 0 N–H and O–H groups in total. The predicted octanol–water partition coefficient (Wildman–Crippen LogP) is 8.33. The van der Waals surface area contributed by atoms with Gasteiger partial charge in [0.05, 0.1) is 13.2 Å². The molecule has 1 fully saturated rings. The van der Waals surface area contributed by atoms with Gasteiger partial charge < -0.3 is 13.6 Å². The van der Waals surface area contributed by atoms with Crippen LogP contribution in [0.4, 0.5) is 0 Å². The zero-order valence-electron chi connectivity index (χ0n) is 31.2. The monoisotopic (exact) mass is 704 g/mol. The topological polar surface area (TPSA) is 44.8 Å². The third kappa shape index (κ3) is 7.69. The number of carbonyl (C=O) groups excluding carboxylic acids is 1. The van der Waals surface area contributed by atoms with Crippen LogP contribution in [0.1, 0.15) is 80.6 Å². The summed E-state index contributed by atoms with van der Waals surface area (Å²) >= 11 is 0. The SMILES string of the molecule is CCCCC/C=C1\CC(CO[Si](c2ccccc2)(c2ccccc2)C(C)(C)C)(CO[Si](c2ccccc2)(c2ccccc2)C(C)(C)C)OC1=O. The molecule has 5 rings (SSSR count). The largest absolute Gasteiger partial charge is 0.451 e. The number of allylic oxidation sites excluding steroid dienone is 1. The minimum atomic E-state index is -2.94. The molecule has 50 heavy (non-hydrogen) atoms. The van der Waals surface area contributed by atoms with E-state index in [1.165, 1.54) is 20.7 Å². The molecule has 0 spiro atoms. The van der Waals surface area contributed by atoms with Gasteiger partial charge in [0.1, 0.15) is 0 Å². The Hall–Kier alpha value is -3.56. The minimum Gasteiger partial charge on any atom is -0.451 e. The van der Waals surface area contributed by atoms with Gasteiger partial charge in [-0.15, -0.1) is 0 Å². The summed E-state index contributed by atoms with van der Waals surface area (Å²) in [7, 11) is -5.88. The molecule has 1 aliphatic rings. The number of carbonyl (C=O) groups is 1. The number of hydrogen-bond acceptors (Lipinski definition) is 4. The first kappa shape index (κ1) is 37.7. The van der Waals surface area contributed by atoms with Crippen LogP contribution in [0.25, 0.3) is 0 Å². The van der Waals surface area contributed by atoms with Gasteiger partial charge in [-0.25, -0.2) is 4.79 Å². The first-order valence-electron chi connectivity index (χ1n) is 18.3. The zero-order valence-corrected chi connectivity index (χ0v) is 33.2. The highest BCUT2D eigenvalue weighted by Crippen LogP contribution is 2.42. The summed E-state index contributed by atoms with van der Waals surface area (Å²) in [5.41, 5.74) is -0.258. The molecule has 4 aromatic carbocycles. The fraction of sp³-hybridized carbons (Fsp3) is 0.386. The molecule has 4 nitrogen and oxygen atoms in total. The maximum atomic E-state index is 13.8. The molecule has 1 aliphatic heterocycles. The maximum Gasteiger partial charge on any atom is 0.334 e. The van der Waals surface area contributed by atoms with E-state index in [1.807, 2.05) is 0 Å². The average Bonchev–Trinajstić information content (AvgIpc) is 3.42. The van der Waals surface area contributed by atoms with E-state index in [0.717, 1.165) is 31.3 Å². The van der Waals surface area contributed by atoms with Gasteiger partial charge in [0.25, 0.3) is 16.6 Å². The number of rotatable bonds is 14. The summed E-state index contributed by atoms with van der Waals surface area (Å²) in [5.74, 6) is -0.251. The van der Waals surface area contributed by atoms with E-state index in [2.05, 4.69) is 176 Å². The summed E-state index contributed by atoms with van der Waals surface area (Å²) in [6.07, 6.45) is 6.74. The Morgan fingerprint density at radius 3 is 1.30 bits per heavy atom. The molecular formula is C44H56O4Si2. The minimum absolute atomic E-state index is 0.225. The lowest BCUT2D eigenvalue weighted by Gasteiger charge is -2.46. The molecule has 6 heteroatoms. The highest BCUT2D eigenvalue weighted by molar-refractivity contribution is 7.00. The summed E-state index contributed by atoms with van der Waals surface area (Å²) in [6, 6.07) is 42.7. The Kier molecular flexibility index (Phi) is 11.9. The number of cyclic esters (lactones) is 1. The van der Waals surface area contributed by atoms with Crippen LogP contribution in [0.5, 0.6) is 0 Å². The van der Waals surface area contributed by atoms with E-state index in [-0.39, 0.29) is 29.3 Å². The standard InChI is InChI=1S/C44H56O4Si2/c1-8-9-10-15-24-36-33-44(48-41(36)45,34-46-49(42(2,3)4,37-25-16-11-17-26-37)38-27-18-12-19-28-38)35-47-50(43(5,6)7,39-29-20-13-21-30-39)40-31-22-14-23-32-40/h11-14,16-32H,8-10,15,33-35H2,1-7H3/b36-24+. The van der Waals surface area contributed by atoms with E-state index in [9.17, 15) is 4.79 Å². The lowest BCUT2D eigenvalue weighted by Crippen LogP contribution is -2.69. The van der Waals surface area contributed by atoms with Gasteiger partial charge in [0.2, 0.25) is 0 Å². The van der Waals surface area contributed by atoms with E-state index >= 15 is 0 Å². The lowest BCUT2D eigenvalue weighted by molar-refractivity contribution is -0.152. The van der Waals surface area contributed by atoms with Gasteiger partial charge in [-0.1, -0.05) is 189 Å². The molecular weight excluding hydrogens is 649 g/mol. The van der Waals surface area contributed by atoms with Crippen molar-refractivity contribution in [2.75, 3.05) is 13.2 Å². The van der Waals surface area contributed by atoms with Crippen molar-refractivity contribution in [3.63, 3.8) is 0 Å². The molecule has 1 saturated heterocycles. The van der Waals surface area contributed by atoms with Crippen molar-refractivity contribution < 1.29 is 18.4 Å². The fourth-order valence-corrected chi connectivity index (χ4v) is 17.0. The Morgan fingerprint density at radius 1 is 0.620 bits per heavy atom. The highest BCUT2D eigenvalue weighted by Gasteiger charge is 2.56. The molecule has 0 aromatic heterocycles. The van der Waals surface area contributed by atoms with E-state index in [4.69, 9.17) is 13.6 Å². The van der Waals surface area contributed by atoms with Gasteiger partial charge >= 0.3 is 5.97 Å². The van der Waals surface area contributed by atoms with E-state index < -0.39 is 22.2 Å². The van der Waals surface area contributed by atoms with Crippen LogP contribution in [0, 0.1) is 0 Å².